The van der Waals surface area contributed by atoms with E-state index in [1.165, 1.54) is 0 Å². The number of nitrogens with one attached hydrogen (secondary N) is 1. The van der Waals surface area contributed by atoms with Crippen LogP contribution in [0.25, 0.3) is 0 Å². The molecular weight excluding hydrogens is 228 g/mol. The van der Waals surface area contributed by atoms with Crippen LogP contribution in [0.5, 0.6) is 5.88 Å². The molecule has 1 heterocycles. The zero-order valence-corrected chi connectivity index (χ0v) is 11.3. The summed E-state index contributed by atoms with van der Waals surface area (Å²) in [5.74, 6) is 0.879. The van der Waals surface area contributed by atoms with E-state index in [4.69, 9.17) is 15.9 Å². The Balaban J connectivity index is 2.73. The Morgan fingerprint density at radius 2 is 2.28 bits per heavy atom. The van der Waals surface area contributed by atoms with Gasteiger partial charge in [-0.05, 0) is 19.9 Å². The fraction of sp³-hybridized carbons (Fsp3) is 0.538. The monoisotopic (exact) mass is 250 g/mol. The summed E-state index contributed by atoms with van der Waals surface area (Å²) in [6.45, 7) is 5.78. The first-order valence-electron chi connectivity index (χ1n) is 6.09. The van der Waals surface area contributed by atoms with E-state index < -0.39 is 0 Å². The third kappa shape index (κ3) is 4.33. The standard InChI is InChI=1S/C13H22N4O/c1-10(2)17(8-6-12(14)15)9-11-5-4-7-16-13(11)18-3/h4-5,7,10H,6,8-9H2,1-3H3,(H3,14,15). The summed E-state index contributed by atoms with van der Waals surface area (Å²) in [7, 11) is 1.63. The van der Waals surface area contributed by atoms with Gasteiger partial charge in [0.25, 0.3) is 0 Å². The van der Waals surface area contributed by atoms with Crippen LogP contribution in [0.1, 0.15) is 25.8 Å². The molecule has 0 atom stereocenters. The van der Waals surface area contributed by atoms with E-state index in [2.05, 4.69) is 23.7 Å². The molecule has 0 aromatic carbocycles. The summed E-state index contributed by atoms with van der Waals surface area (Å²) >= 11 is 0. The van der Waals surface area contributed by atoms with Crippen molar-refractivity contribution in [3.8, 4) is 5.88 Å². The summed E-state index contributed by atoms with van der Waals surface area (Å²) < 4.78 is 5.25. The van der Waals surface area contributed by atoms with Crippen molar-refractivity contribution < 1.29 is 4.74 Å². The van der Waals surface area contributed by atoms with Gasteiger partial charge in [0.1, 0.15) is 0 Å². The third-order valence-corrected chi connectivity index (χ3v) is 2.82. The zero-order valence-electron chi connectivity index (χ0n) is 11.3. The Labute approximate surface area is 108 Å². The van der Waals surface area contributed by atoms with Crippen LogP contribution in [0, 0.1) is 5.41 Å². The highest BCUT2D eigenvalue weighted by atomic mass is 16.5. The van der Waals surface area contributed by atoms with Crippen molar-refractivity contribution in [2.45, 2.75) is 32.9 Å². The van der Waals surface area contributed by atoms with E-state index in [0.29, 0.717) is 18.3 Å². The van der Waals surface area contributed by atoms with Gasteiger partial charge in [-0.15, -0.1) is 0 Å². The molecule has 1 rings (SSSR count). The Kier molecular flexibility index (Phi) is 5.58. The van der Waals surface area contributed by atoms with Crippen LogP contribution >= 0.6 is 0 Å². The van der Waals surface area contributed by atoms with Crippen molar-refractivity contribution >= 4 is 5.84 Å². The molecule has 5 heteroatoms. The van der Waals surface area contributed by atoms with Crippen molar-refractivity contribution in [1.82, 2.24) is 9.88 Å². The minimum atomic E-state index is 0.221. The van der Waals surface area contributed by atoms with Crippen LogP contribution in [0.3, 0.4) is 0 Å². The van der Waals surface area contributed by atoms with Gasteiger partial charge in [0.2, 0.25) is 5.88 Å². The van der Waals surface area contributed by atoms with E-state index in [0.717, 1.165) is 18.7 Å². The fourth-order valence-corrected chi connectivity index (χ4v) is 1.73. The number of rotatable bonds is 7. The molecular formula is C13H22N4O. The number of amidine groups is 1. The van der Waals surface area contributed by atoms with Gasteiger partial charge in [-0.2, -0.15) is 0 Å². The lowest BCUT2D eigenvalue weighted by Gasteiger charge is -2.26. The molecule has 3 N–H and O–H groups in total. The molecule has 1 aromatic rings. The molecule has 0 aliphatic rings. The van der Waals surface area contributed by atoms with Crippen molar-refractivity contribution in [2.24, 2.45) is 5.73 Å². The van der Waals surface area contributed by atoms with E-state index in [1.807, 2.05) is 12.1 Å². The van der Waals surface area contributed by atoms with Crippen LogP contribution in [0.2, 0.25) is 0 Å². The Morgan fingerprint density at radius 3 is 2.83 bits per heavy atom. The Morgan fingerprint density at radius 1 is 1.56 bits per heavy atom. The lowest BCUT2D eigenvalue weighted by atomic mass is 10.2. The molecule has 5 nitrogen and oxygen atoms in total. The van der Waals surface area contributed by atoms with Gasteiger partial charge in [-0.1, -0.05) is 6.07 Å². The lowest BCUT2D eigenvalue weighted by Crippen LogP contribution is -2.33. The van der Waals surface area contributed by atoms with Crippen molar-refractivity contribution in [1.29, 1.82) is 5.41 Å². The highest BCUT2D eigenvalue weighted by Crippen LogP contribution is 2.17. The molecule has 0 amide bonds. The summed E-state index contributed by atoms with van der Waals surface area (Å²) in [6.07, 6.45) is 2.30. The maximum Gasteiger partial charge on any atom is 0.217 e. The number of nitrogens with zero attached hydrogens (tertiary/aromatic N) is 2. The molecule has 100 valence electrons. The molecule has 0 spiro atoms. The molecule has 0 saturated carbocycles. The minimum absolute atomic E-state index is 0.221. The number of hydrogen-bond acceptors (Lipinski definition) is 4. The first-order valence-corrected chi connectivity index (χ1v) is 6.09. The molecule has 0 saturated heterocycles. The molecule has 1 aromatic heterocycles. The van der Waals surface area contributed by atoms with Crippen LogP contribution in [0.4, 0.5) is 0 Å². The lowest BCUT2D eigenvalue weighted by molar-refractivity contribution is 0.215. The summed E-state index contributed by atoms with van der Waals surface area (Å²) in [5.41, 5.74) is 6.46. The Bertz CT molecular complexity index is 392. The summed E-state index contributed by atoms with van der Waals surface area (Å²) in [5, 5.41) is 7.30. The topological polar surface area (TPSA) is 75.2 Å². The predicted molar refractivity (Wildman–Crippen MR) is 72.9 cm³/mol. The number of aromatic nitrogens is 1. The summed E-state index contributed by atoms with van der Waals surface area (Å²) in [6, 6.07) is 4.30. The van der Waals surface area contributed by atoms with Gasteiger partial charge in [0.15, 0.2) is 0 Å². The van der Waals surface area contributed by atoms with Crippen molar-refractivity contribution in [3.05, 3.63) is 23.9 Å². The molecule has 0 aliphatic heterocycles. The van der Waals surface area contributed by atoms with Gasteiger partial charge < -0.3 is 10.5 Å². The zero-order chi connectivity index (χ0) is 13.5. The molecule has 0 bridgehead atoms. The maximum absolute atomic E-state index is 7.30. The van der Waals surface area contributed by atoms with Gasteiger partial charge in [-0.25, -0.2) is 4.98 Å². The quantitative estimate of drug-likeness (QED) is 0.569. The second-order valence-electron chi connectivity index (χ2n) is 4.51. The largest absolute Gasteiger partial charge is 0.481 e. The van der Waals surface area contributed by atoms with E-state index >= 15 is 0 Å². The first-order chi connectivity index (χ1) is 8.54. The predicted octanol–water partition coefficient (Wildman–Crippen LogP) is 1.63. The van der Waals surface area contributed by atoms with Gasteiger partial charge in [0.05, 0.1) is 12.9 Å². The smallest absolute Gasteiger partial charge is 0.217 e. The third-order valence-electron chi connectivity index (χ3n) is 2.82. The highest BCUT2D eigenvalue weighted by molar-refractivity contribution is 5.76. The Hall–Kier alpha value is -1.62. The summed E-state index contributed by atoms with van der Waals surface area (Å²) in [4.78, 5) is 6.44. The average molecular weight is 250 g/mol. The SMILES string of the molecule is COc1ncccc1CN(CCC(=N)N)C(C)C. The second kappa shape index (κ2) is 6.96. The molecule has 0 unspecified atom stereocenters. The van der Waals surface area contributed by atoms with Crippen LogP contribution < -0.4 is 10.5 Å². The number of nitrogens with two attached hydrogens (primary N) is 1. The van der Waals surface area contributed by atoms with Crippen molar-refractivity contribution in [2.75, 3.05) is 13.7 Å². The number of hydrogen-bond donors (Lipinski definition) is 2. The average Bonchev–Trinajstić information content (AvgIpc) is 2.34. The molecule has 0 aliphatic carbocycles. The number of methoxy groups -OCH3 is 1. The van der Waals surface area contributed by atoms with E-state index in [9.17, 15) is 0 Å². The fourth-order valence-electron chi connectivity index (χ4n) is 1.73. The maximum atomic E-state index is 7.30. The second-order valence-corrected chi connectivity index (χ2v) is 4.51. The van der Waals surface area contributed by atoms with E-state index in [-0.39, 0.29) is 5.84 Å². The van der Waals surface area contributed by atoms with Gasteiger partial charge in [-0.3, -0.25) is 10.3 Å². The van der Waals surface area contributed by atoms with Crippen LogP contribution in [-0.2, 0) is 6.54 Å². The molecule has 18 heavy (non-hydrogen) atoms. The van der Waals surface area contributed by atoms with Gasteiger partial charge in [0, 0.05) is 37.3 Å². The van der Waals surface area contributed by atoms with Crippen LogP contribution in [-0.4, -0.2) is 35.4 Å². The molecule has 0 radical (unpaired) electrons. The highest BCUT2D eigenvalue weighted by Gasteiger charge is 2.13. The normalized spacial score (nSPS) is 10.9. The molecule has 0 fully saturated rings. The van der Waals surface area contributed by atoms with Crippen LogP contribution in [0.15, 0.2) is 18.3 Å². The van der Waals surface area contributed by atoms with Crippen molar-refractivity contribution in [3.63, 3.8) is 0 Å². The minimum Gasteiger partial charge on any atom is -0.481 e. The number of ether oxygens (including phenoxy) is 1. The van der Waals surface area contributed by atoms with E-state index in [1.54, 1.807) is 13.3 Å². The first kappa shape index (κ1) is 14.4. The number of pyridine rings is 1. The van der Waals surface area contributed by atoms with Gasteiger partial charge >= 0.3 is 0 Å².